The third kappa shape index (κ3) is 5.45. The van der Waals surface area contributed by atoms with Crippen LogP contribution in [0.25, 0.3) is 22.0 Å². The quantitative estimate of drug-likeness (QED) is 0.240. The molecule has 0 unspecified atom stereocenters. The molecule has 2 aromatic carbocycles. The molecule has 0 spiro atoms. The Kier molecular flexibility index (Phi) is 9.05. The second-order valence-corrected chi connectivity index (χ2v) is 10.7. The molecule has 1 amide bonds. The Morgan fingerprint density at radius 3 is 2.69 bits per heavy atom. The van der Waals surface area contributed by atoms with E-state index in [1.807, 2.05) is 13.8 Å². The minimum Gasteiger partial charge on any atom is -0.359 e. The normalized spacial score (nSPS) is 18.7. The van der Waals surface area contributed by atoms with Crippen molar-refractivity contribution in [2.75, 3.05) is 50.8 Å². The molecule has 3 aromatic rings. The standard InChI is InChI=1S/C28H31FN4O4S.H2S/c1-5-23(34)31-10-11-32(18(3)13-31)27-22-12-17(2)24(19-6-8-20(29)9-7-19)26-25(22)33(28(35)30-27)21(15-38-26)14-37-16-36-4;/h5-9,12,18,21H,1,10-11,13-16H2,2-4H3;1H2/t18-,21-;/m0./s1. The highest BCUT2D eigenvalue weighted by Gasteiger charge is 2.33. The number of aryl methyl sites for hydroxylation is 1. The molecule has 5 rings (SSSR count). The van der Waals surface area contributed by atoms with Crippen LogP contribution in [0, 0.1) is 12.7 Å². The number of ether oxygens (including phenoxy) is 2. The van der Waals surface area contributed by atoms with Crippen LogP contribution in [-0.4, -0.2) is 72.3 Å². The molecular weight excluding hydrogens is 539 g/mol. The molecule has 2 atom stereocenters. The molecule has 39 heavy (non-hydrogen) atoms. The highest BCUT2D eigenvalue weighted by molar-refractivity contribution is 7.99. The molecule has 3 heterocycles. The largest absolute Gasteiger partial charge is 0.359 e. The van der Waals surface area contributed by atoms with Gasteiger partial charge >= 0.3 is 5.69 Å². The SMILES string of the molecule is C=CC(=O)N1CCN(c2nc(=O)n3c4c(c(-c5ccc(F)cc5)c(C)cc24)SC[C@@H]3COCOC)[C@@H](C)C1.S. The molecular formula is C28H33FN4O4S2. The minimum atomic E-state index is -0.342. The summed E-state index contributed by atoms with van der Waals surface area (Å²) < 4.78 is 26.2. The Hall–Kier alpha value is -2.86. The fourth-order valence-electron chi connectivity index (χ4n) is 5.41. The van der Waals surface area contributed by atoms with Crippen LogP contribution in [0.5, 0.6) is 0 Å². The average molecular weight is 573 g/mol. The van der Waals surface area contributed by atoms with E-state index >= 15 is 0 Å². The number of nitrogens with zero attached hydrogens (tertiary/aromatic N) is 4. The molecule has 0 aliphatic carbocycles. The van der Waals surface area contributed by atoms with Gasteiger partial charge in [-0.25, -0.2) is 9.18 Å². The van der Waals surface area contributed by atoms with E-state index in [0.717, 1.165) is 32.5 Å². The third-order valence-corrected chi connectivity index (χ3v) is 8.39. The van der Waals surface area contributed by atoms with Gasteiger partial charge in [-0.05, 0) is 49.2 Å². The van der Waals surface area contributed by atoms with E-state index in [2.05, 4.69) is 22.5 Å². The number of halogens is 1. The topological polar surface area (TPSA) is 76.9 Å². The number of methoxy groups -OCH3 is 1. The number of piperazine rings is 1. The molecule has 2 aliphatic heterocycles. The number of thioether (sulfide) groups is 1. The van der Waals surface area contributed by atoms with E-state index in [1.165, 1.54) is 18.2 Å². The number of hydrogen-bond acceptors (Lipinski definition) is 7. The van der Waals surface area contributed by atoms with Crippen LogP contribution >= 0.6 is 25.3 Å². The first-order valence-electron chi connectivity index (χ1n) is 12.6. The number of carbonyl (C=O) groups excluding carboxylic acids is 1. The molecule has 0 radical (unpaired) electrons. The summed E-state index contributed by atoms with van der Waals surface area (Å²) >= 11 is 1.67. The number of carbonyl (C=O) groups is 1. The van der Waals surface area contributed by atoms with Gasteiger partial charge in [-0.2, -0.15) is 18.5 Å². The van der Waals surface area contributed by atoms with E-state index in [-0.39, 0.29) is 49.8 Å². The van der Waals surface area contributed by atoms with E-state index in [9.17, 15) is 14.0 Å². The van der Waals surface area contributed by atoms with Crippen molar-refractivity contribution in [2.24, 2.45) is 0 Å². The summed E-state index contributed by atoms with van der Waals surface area (Å²) in [5.41, 5.74) is 3.36. The zero-order valence-electron chi connectivity index (χ0n) is 22.3. The summed E-state index contributed by atoms with van der Waals surface area (Å²) in [6.45, 7) is 9.70. The fraction of sp³-hybridized carbons (Fsp3) is 0.393. The average Bonchev–Trinajstić information content (AvgIpc) is 2.91. The highest BCUT2D eigenvalue weighted by atomic mass is 32.2. The molecule has 0 bridgehead atoms. The van der Waals surface area contributed by atoms with Crippen molar-refractivity contribution in [2.45, 2.75) is 30.8 Å². The van der Waals surface area contributed by atoms with Gasteiger partial charge in [0.05, 0.1) is 18.2 Å². The van der Waals surface area contributed by atoms with E-state index in [1.54, 1.807) is 40.5 Å². The molecule has 208 valence electrons. The summed E-state index contributed by atoms with van der Waals surface area (Å²) in [6.07, 6.45) is 1.33. The van der Waals surface area contributed by atoms with Crippen LogP contribution < -0.4 is 10.6 Å². The second kappa shape index (κ2) is 12.1. The van der Waals surface area contributed by atoms with Crippen LogP contribution in [0.15, 0.2) is 52.7 Å². The minimum absolute atomic E-state index is 0. The summed E-state index contributed by atoms with van der Waals surface area (Å²) in [4.78, 5) is 35.3. The van der Waals surface area contributed by atoms with Crippen molar-refractivity contribution in [3.8, 4) is 11.1 Å². The Balaban J connectivity index is 0.00000353. The van der Waals surface area contributed by atoms with Gasteiger partial charge in [-0.3, -0.25) is 9.36 Å². The Bertz CT molecular complexity index is 1450. The predicted octanol–water partition coefficient (Wildman–Crippen LogP) is 4.11. The fourth-order valence-corrected chi connectivity index (χ4v) is 6.78. The summed E-state index contributed by atoms with van der Waals surface area (Å²) in [5, 5.41) is 0.877. The monoisotopic (exact) mass is 572 g/mol. The zero-order valence-corrected chi connectivity index (χ0v) is 24.1. The lowest BCUT2D eigenvalue weighted by atomic mass is 9.97. The van der Waals surface area contributed by atoms with Gasteiger partial charge < -0.3 is 19.3 Å². The van der Waals surface area contributed by atoms with Crippen molar-refractivity contribution in [3.63, 3.8) is 0 Å². The molecule has 1 saturated heterocycles. The van der Waals surface area contributed by atoms with Crippen LogP contribution in [-0.2, 0) is 14.3 Å². The van der Waals surface area contributed by atoms with Gasteiger partial charge in [0.25, 0.3) is 0 Å². The van der Waals surface area contributed by atoms with Crippen molar-refractivity contribution in [1.29, 1.82) is 0 Å². The molecule has 11 heteroatoms. The number of aromatic nitrogens is 2. The van der Waals surface area contributed by atoms with Gasteiger partial charge in [0.2, 0.25) is 5.91 Å². The van der Waals surface area contributed by atoms with E-state index in [0.29, 0.717) is 37.8 Å². The maximum absolute atomic E-state index is 13.7. The van der Waals surface area contributed by atoms with E-state index in [4.69, 9.17) is 9.47 Å². The van der Waals surface area contributed by atoms with Crippen LogP contribution in [0.3, 0.4) is 0 Å². The smallest absolute Gasteiger partial charge is 0.350 e. The van der Waals surface area contributed by atoms with Gasteiger partial charge in [0.15, 0.2) is 0 Å². The molecule has 1 aromatic heterocycles. The number of benzene rings is 2. The van der Waals surface area contributed by atoms with Gasteiger partial charge in [-0.1, -0.05) is 18.7 Å². The predicted molar refractivity (Wildman–Crippen MR) is 158 cm³/mol. The zero-order chi connectivity index (χ0) is 27.0. The lowest BCUT2D eigenvalue weighted by molar-refractivity contribution is -0.126. The number of hydrogen-bond donors (Lipinski definition) is 0. The molecule has 0 saturated carbocycles. The molecule has 1 fully saturated rings. The van der Waals surface area contributed by atoms with E-state index < -0.39 is 0 Å². The lowest BCUT2D eigenvalue weighted by Gasteiger charge is -2.41. The summed E-state index contributed by atoms with van der Waals surface area (Å²) in [6, 6.07) is 8.27. The maximum atomic E-state index is 13.7. The highest BCUT2D eigenvalue weighted by Crippen LogP contribution is 2.46. The van der Waals surface area contributed by atoms with Gasteiger partial charge in [0.1, 0.15) is 18.4 Å². The first-order valence-corrected chi connectivity index (χ1v) is 13.6. The van der Waals surface area contributed by atoms with Crippen molar-refractivity contribution in [1.82, 2.24) is 14.5 Å². The first kappa shape index (κ1) is 29.1. The maximum Gasteiger partial charge on any atom is 0.350 e. The third-order valence-electron chi connectivity index (χ3n) is 7.16. The molecule has 8 nitrogen and oxygen atoms in total. The molecule has 2 aliphatic rings. The van der Waals surface area contributed by atoms with Gasteiger partial charge in [-0.15, -0.1) is 11.8 Å². The Morgan fingerprint density at radius 1 is 1.28 bits per heavy atom. The Morgan fingerprint density at radius 2 is 2.03 bits per heavy atom. The van der Waals surface area contributed by atoms with Crippen molar-refractivity contribution < 1.29 is 18.7 Å². The number of amides is 1. The number of rotatable bonds is 7. The van der Waals surface area contributed by atoms with Crippen LogP contribution in [0.4, 0.5) is 10.2 Å². The van der Waals surface area contributed by atoms with Crippen molar-refractivity contribution in [3.05, 3.63) is 64.9 Å². The summed E-state index contributed by atoms with van der Waals surface area (Å²) in [7, 11) is 1.56. The summed E-state index contributed by atoms with van der Waals surface area (Å²) in [5.74, 6) is 0.851. The number of anilines is 1. The van der Waals surface area contributed by atoms with Gasteiger partial charge in [0, 0.05) is 54.4 Å². The van der Waals surface area contributed by atoms with Crippen LogP contribution in [0.2, 0.25) is 0 Å². The second-order valence-electron chi connectivity index (χ2n) is 9.66. The first-order chi connectivity index (χ1) is 18.3. The van der Waals surface area contributed by atoms with Crippen LogP contribution in [0.1, 0.15) is 18.5 Å². The van der Waals surface area contributed by atoms with Crippen molar-refractivity contribution >= 4 is 47.9 Å². The molecule has 0 N–H and O–H groups in total. The lowest BCUT2D eigenvalue weighted by Crippen LogP contribution is -2.54. The Labute approximate surface area is 238 Å².